The fourth-order valence-corrected chi connectivity index (χ4v) is 3.00. The lowest BCUT2D eigenvalue weighted by molar-refractivity contribution is -0.120. The van der Waals surface area contributed by atoms with E-state index >= 15 is 0 Å². The number of ether oxygens (including phenoxy) is 1. The minimum atomic E-state index is 0.0326. The molecule has 0 unspecified atom stereocenters. The van der Waals surface area contributed by atoms with Crippen molar-refractivity contribution in [3.63, 3.8) is 0 Å². The third kappa shape index (κ3) is 4.59. The Balaban J connectivity index is 1.40. The lowest BCUT2D eigenvalue weighted by Crippen LogP contribution is -2.29. The van der Waals surface area contributed by atoms with E-state index in [1.54, 1.807) is 0 Å². The summed E-state index contributed by atoms with van der Waals surface area (Å²) in [5.41, 5.74) is 3.90. The predicted molar refractivity (Wildman–Crippen MR) is 91.7 cm³/mol. The smallest absolute Gasteiger partial charge is 0.224 e. The van der Waals surface area contributed by atoms with Crippen molar-refractivity contribution in [2.75, 3.05) is 13.2 Å². The van der Waals surface area contributed by atoms with Crippen LogP contribution in [0.25, 0.3) is 0 Å². The van der Waals surface area contributed by atoms with Crippen LogP contribution in [0.5, 0.6) is 5.75 Å². The van der Waals surface area contributed by atoms with Gasteiger partial charge in [0.2, 0.25) is 5.91 Å². The molecule has 0 aliphatic heterocycles. The summed E-state index contributed by atoms with van der Waals surface area (Å²) in [6.07, 6.45) is 5.32. The van der Waals surface area contributed by atoms with Crippen molar-refractivity contribution in [2.45, 2.75) is 32.1 Å². The number of fused-ring (bicyclic) bond motifs is 1. The zero-order valence-electron chi connectivity index (χ0n) is 13.4. The molecule has 0 fully saturated rings. The van der Waals surface area contributed by atoms with Crippen molar-refractivity contribution in [3.05, 3.63) is 65.2 Å². The van der Waals surface area contributed by atoms with Gasteiger partial charge in [-0.2, -0.15) is 0 Å². The van der Waals surface area contributed by atoms with Crippen LogP contribution in [0.4, 0.5) is 0 Å². The first-order chi connectivity index (χ1) is 11.3. The van der Waals surface area contributed by atoms with Crippen LogP contribution in [0.3, 0.4) is 0 Å². The summed E-state index contributed by atoms with van der Waals surface area (Å²) in [5, 5.41) is 2.90. The Morgan fingerprint density at radius 2 is 1.78 bits per heavy atom. The highest BCUT2D eigenvalue weighted by Crippen LogP contribution is 2.25. The molecule has 3 heteroatoms. The van der Waals surface area contributed by atoms with E-state index in [1.165, 1.54) is 30.4 Å². The molecule has 0 saturated heterocycles. The molecule has 0 bridgehead atoms. The zero-order chi connectivity index (χ0) is 15.9. The molecule has 2 aromatic rings. The second-order valence-corrected chi connectivity index (χ2v) is 6.00. The first-order valence-electron chi connectivity index (χ1n) is 8.36. The average Bonchev–Trinajstić information content (AvgIpc) is 2.59. The maximum atomic E-state index is 11.8. The van der Waals surface area contributed by atoms with Crippen molar-refractivity contribution in [2.24, 2.45) is 0 Å². The summed E-state index contributed by atoms with van der Waals surface area (Å²) in [5.74, 6) is 0.938. The molecule has 3 rings (SSSR count). The fraction of sp³-hybridized carbons (Fsp3) is 0.350. The molecule has 2 aromatic carbocycles. The van der Waals surface area contributed by atoms with E-state index in [0.717, 1.165) is 17.7 Å². The van der Waals surface area contributed by atoms with E-state index in [4.69, 9.17) is 4.74 Å². The third-order valence-corrected chi connectivity index (χ3v) is 4.22. The van der Waals surface area contributed by atoms with Gasteiger partial charge in [-0.25, -0.2) is 0 Å². The van der Waals surface area contributed by atoms with Gasteiger partial charge in [-0.15, -0.1) is 0 Å². The Kier molecular flexibility index (Phi) is 5.30. The molecule has 120 valence electrons. The van der Waals surface area contributed by atoms with Gasteiger partial charge in [0.05, 0.1) is 13.0 Å². The van der Waals surface area contributed by atoms with Crippen LogP contribution in [0.15, 0.2) is 48.5 Å². The van der Waals surface area contributed by atoms with Crippen molar-refractivity contribution in [1.82, 2.24) is 5.32 Å². The van der Waals surface area contributed by atoms with Crippen molar-refractivity contribution in [3.8, 4) is 5.75 Å². The number of carbonyl (C=O) groups is 1. The van der Waals surface area contributed by atoms with E-state index in [1.807, 2.05) is 36.4 Å². The van der Waals surface area contributed by atoms with Crippen molar-refractivity contribution < 1.29 is 9.53 Å². The van der Waals surface area contributed by atoms with Gasteiger partial charge in [-0.1, -0.05) is 36.4 Å². The number of hydrogen-bond donors (Lipinski definition) is 1. The molecular weight excluding hydrogens is 286 g/mol. The fourth-order valence-electron chi connectivity index (χ4n) is 3.00. The summed E-state index contributed by atoms with van der Waals surface area (Å²) >= 11 is 0. The molecule has 0 radical (unpaired) electrons. The molecule has 0 atom stereocenters. The number of benzene rings is 2. The number of hydrogen-bond acceptors (Lipinski definition) is 2. The van der Waals surface area contributed by atoms with E-state index in [-0.39, 0.29) is 5.91 Å². The van der Waals surface area contributed by atoms with Gasteiger partial charge < -0.3 is 10.1 Å². The molecule has 1 amide bonds. The molecule has 0 spiro atoms. The molecule has 0 saturated carbocycles. The molecule has 3 nitrogen and oxygen atoms in total. The second kappa shape index (κ2) is 7.82. The Bertz CT molecular complexity index is 652. The van der Waals surface area contributed by atoms with Gasteiger partial charge in [-0.3, -0.25) is 4.79 Å². The van der Waals surface area contributed by atoms with Crippen LogP contribution in [-0.2, 0) is 24.1 Å². The van der Waals surface area contributed by atoms with Crippen LogP contribution in [0.2, 0.25) is 0 Å². The molecule has 0 heterocycles. The Morgan fingerprint density at radius 1 is 1.00 bits per heavy atom. The number of nitrogens with one attached hydrogen (secondary N) is 1. The van der Waals surface area contributed by atoms with Crippen LogP contribution in [0, 0.1) is 0 Å². The standard InChI is InChI=1S/C20H23NO2/c22-20(14-16-6-2-1-3-7-16)21-12-13-23-19-11-10-17-8-4-5-9-18(17)15-19/h1-3,6-7,10-11,15H,4-5,8-9,12-14H2,(H,21,22). The molecule has 0 aromatic heterocycles. The predicted octanol–water partition coefficient (Wildman–Crippen LogP) is 3.30. The van der Waals surface area contributed by atoms with Gasteiger partial charge in [0.25, 0.3) is 0 Å². The summed E-state index contributed by atoms with van der Waals surface area (Å²) < 4.78 is 5.76. The van der Waals surface area contributed by atoms with Gasteiger partial charge in [0.1, 0.15) is 12.4 Å². The van der Waals surface area contributed by atoms with Crippen molar-refractivity contribution in [1.29, 1.82) is 0 Å². The Morgan fingerprint density at radius 3 is 2.61 bits per heavy atom. The highest BCUT2D eigenvalue weighted by molar-refractivity contribution is 5.78. The average molecular weight is 309 g/mol. The minimum Gasteiger partial charge on any atom is -0.492 e. The first-order valence-corrected chi connectivity index (χ1v) is 8.36. The normalized spacial score (nSPS) is 13.2. The lowest BCUT2D eigenvalue weighted by atomic mass is 9.92. The van der Waals surface area contributed by atoms with E-state index in [9.17, 15) is 4.79 Å². The van der Waals surface area contributed by atoms with Gasteiger partial charge in [0, 0.05) is 0 Å². The maximum Gasteiger partial charge on any atom is 0.224 e. The summed E-state index contributed by atoms with van der Waals surface area (Å²) in [6.45, 7) is 1.03. The monoisotopic (exact) mass is 309 g/mol. The highest BCUT2D eigenvalue weighted by Gasteiger charge is 2.09. The van der Waals surface area contributed by atoms with E-state index in [0.29, 0.717) is 19.6 Å². The zero-order valence-corrected chi connectivity index (χ0v) is 13.4. The highest BCUT2D eigenvalue weighted by atomic mass is 16.5. The summed E-state index contributed by atoms with van der Waals surface area (Å²) in [6, 6.07) is 16.1. The van der Waals surface area contributed by atoms with Crippen LogP contribution in [-0.4, -0.2) is 19.1 Å². The SMILES string of the molecule is O=C(Cc1ccccc1)NCCOc1ccc2c(c1)CCCC2. The topological polar surface area (TPSA) is 38.3 Å². The quantitative estimate of drug-likeness (QED) is 0.832. The van der Waals surface area contributed by atoms with Crippen LogP contribution < -0.4 is 10.1 Å². The number of aryl methyl sites for hydroxylation is 2. The third-order valence-electron chi connectivity index (χ3n) is 4.22. The molecular formula is C20H23NO2. The van der Waals surface area contributed by atoms with E-state index in [2.05, 4.69) is 17.4 Å². The minimum absolute atomic E-state index is 0.0326. The van der Waals surface area contributed by atoms with Gasteiger partial charge in [0.15, 0.2) is 0 Å². The van der Waals surface area contributed by atoms with Gasteiger partial charge >= 0.3 is 0 Å². The molecule has 23 heavy (non-hydrogen) atoms. The summed E-state index contributed by atoms with van der Waals surface area (Å²) in [4.78, 5) is 11.8. The van der Waals surface area contributed by atoms with E-state index < -0.39 is 0 Å². The Hall–Kier alpha value is -2.29. The molecule has 1 aliphatic rings. The second-order valence-electron chi connectivity index (χ2n) is 6.00. The largest absolute Gasteiger partial charge is 0.492 e. The van der Waals surface area contributed by atoms with Crippen molar-refractivity contribution >= 4 is 5.91 Å². The molecule has 1 N–H and O–H groups in total. The number of rotatable bonds is 6. The number of amides is 1. The lowest BCUT2D eigenvalue weighted by Gasteiger charge is -2.16. The Labute approximate surface area is 137 Å². The number of carbonyl (C=O) groups excluding carboxylic acids is 1. The molecule has 1 aliphatic carbocycles. The summed E-state index contributed by atoms with van der Waals surface area (Å²) in [7, 11) is 0. The maximum absolute atomic E-state index is 11.8. The van der Waals surface area contributed by atoms with Crippen LogP contribution in [0.1, 0.15) is 29.5 Å². The van der Waals surface area contributed by atoms with Gasteiger partial charge in [-0.05, 0) is 54.5 Å². The first kappa shape index (κ1) is 15.6. The van der Waals surface area contributed by atoms with Crippen LogP contribution >= 0.6 is 0 Å².